The van der Waals surface area contributed by atoms with Crippen molar-refractivity contribution >= 4 is 32.5 Å². The molecule has 0 saturated heterocycles. The third-order valence-electron chi connectivity index (χ3n) is 3.95. The first kappa shape index (κ1) is 17.5. The Morgan fingerprint density at radius 1 is 1.28 bits per heavy atom. The minimum absolute atomic E-state index is 0.0448. The molecular weight excluding hydrogens is 338 g/mol. The van der Waals surface area contributed by atoms with E-state index in [-0.39, 0.29) is 11.2 Å². The molecule has 1 aliphatic carbocycles. The normalized spacial score (nSPS) is 17.5. The highest BCUT2D eigenvalue weighted by atomic mass is 32.1. The fourth-order valence-electron chi connectivity index (χ4n) is 2.82. The topological polar surface area (TPSA) is 73.1 Å². The molecule has 0 radical (unpaired) electrons. The average molecular weight is 359 g/mol. The molecule has 3 rings (SSSR count). The van der Waals surface area contributed by atoms with Crippen molar-refractivity contribution in [3.05, 3.63) is 29.7 Å². The van der Waals surface area contributed by atoms with Gasteiger partial charge in [0.15, 0.2) is 11.5 Å². The molecule has 0 aliphatic heterocycles. The van der Waals surface area contributed by atoms with Crippen LogP contribution in [0, 0.1) is 5.41 Å². The van der Waals surface area contributed by atoms with Crippen LogP contribution in [0.3, 0.4) is 0 Å². The Labute approximate surface area is 150 Å². The molecular formula is C18H21N3O3S. The lowest BCUT2D eigenvalue weighted by atomic mass is 9.78. The molecule has 1 aromatic carbocycles. The second kappa shape index (κ2) is 6.92. The fourth-order valence-corrected chi connectivity index (χ4v) is 3.64. The van der Waals surface area contributed by atoms with Crippen LogP contribution < -0.4 is 4.74 Å². The van der Waals surface area contributed by atoms with Crippen LogP contribution in [0.25, 0.3) is 10.2 Å². The molecule has 0 saturated carbocycles. The van der Waals surface area contributed by atoms with Crippen molar-refractivity contribution in [2.75, 3.05) is 13.7 Å². The van der Waals surface area contributed by atoms with Crippen LogP contribution in [0.5, 0.6) is 5.75 Å². The van der Waals surface area contributed by atoms with Gasteiger partial charge in [-0.2, -0.15) is 0 Å². The predicted octanol–water partition coefficient (Wildman–Crippen LogP) is 5.03. The number of benzene rings is 1. The van der Waals surface area contributed by atoms with Crippen molar-refractivity contribution < 1.29 is 14.3 Å². The number of ketones is 1. The van der Waals surface area contributed by atoms with E-state index in [1.54, 1.807) is 7.11 Å². The number of thiazole rings is 1. The fraction of sp³-hybridized carbons (Fsp3) is 0.444. The third kappa shape index (κ3) is 3.87. The molecule has 1 aromatic heterocycles. The molecule has 0 N–H and O–H groups in total. The Balaban J connectivity index is 1.89. The van der Waals surface area contributed by atoms with E-state index in [0.717, 1.165) is 16.0 Å². The summed E-state index contributed by atoms with van der Waals surface area (Å²) in [5.41, 5.74) is 1.02. The van der Waals surface area contributed by atoms with Gasteiger partial charge in [-0.1, -0.05) is 25.2 Å². The third-order valence-corrected chi connectivity index (χ3v) is 4.85. The van der Waals surface area contributed by atoms with E-state index in [1.807, 2.05) is 39.0 Å². The van der Waals surface area contributed by atoms with E-state index < -0.39 is 0 Å². The predicted molar refractivity (Wildman–Crippen MR) is 97.4 cm³/mol. The Morgan fingerprint density at radius 3 is 2.80 bits per heavy atom. The van der Waals surface area contributed by atoms with E-state index in [4.69, 9.17) is 9.47 Å². The number of aromatic nitrogens is 1. The van der Waals surface area contributed by atoms with E-state index in [2.05, 4.69) is 15.2 Å². The molecule has 25 heavy (non-hydrogen) atoms. The minimum Gasteiger partial charge on any atom is -0.499 e. The van der Waals surface area contributed by atoms with Crippen molar-refractivity contribution in [2.24, 2.45) is 15.6 Å². The summed E-state index contributed by atoms with van der Waals surface area (Å²) in [4.78, 5) is 16.8. The summed E-state index contributed by atoms with van der Waals surface area (Å²) < 4.78 is 11.8. The van der Waals surface area contributed by atoms with Crippen molar-refractivity contribution in [1.82, 2.24) is 4.98 Å². The first-order chi connectivity index (χ1) is 11.9. The molecule has 0 unspecified atom stereocenters. The number of hydrogen-bond acceptors (Lipinski definition) is 7. The van der Waals surface area contributed by atoms with Gasteiger partial charge in [0.25, 0.3) is 0 Å². The number of Topliss-reactive ketones (excluding diaryl/α,β-unsaturated/α-hetero) is 1. The van der Waals surface area contributed by atoms with Crippen molar-refractivity contribution in [2.45, 2.75) is 33.6 Å². The zero-order chi connectivity index (χ0) is 18.0. The zero-order valence-electron chi connectivity index (χ0n) is 14.8. The quantitative estimate of drug-likeness (QED) is 0.702. The maximum absolute atomic E-state index is 12.4. The van der Waals surface area contributed by atoms with Gasteiger partial charge in [0.1, 0.15) is 11.5 Å². The van der Waals surface area contributed by atoms with Crippen molar-refractivity contribution in [3.63, 3.8) is 0 Å². The van der Waals surface area contributed by atoms with Crippen LogP contribution in [-0.2, 0) is 9.53 Å². The molecule has 6 nitrogen and oxygen atoms in total. The Morgan fingerprint density at radius 2 is 2.08 bits per heavy atom. The van der Waals surface area contributed by atoms with E-state index >= 15 is 0 Å². The number of carbonyl (C=O) groups is 1. The Kier molecular flexibility index (Phi) is 4.85. The summed E-state index contributed by atoms with van der Waals surface area (Å²) in [5.74, 6) is 1.34. The molecule has 0 bridgehead atoms. The van der Waals surface area contributed by atoms with Crippen molar-refractivity contribution in [3.8, 4) is 5.75 Å². The van der Waals surface area contributed by atoms with E-state index in [1.165, 1.54) is 11.3 Å². The number of hydrogen-bond donors (Lipinski definition) is 0. The largest absolute Gasteiger partial charge is 0.499 e. The summed E-state index contributed by atoms with van der Waals surface area (Å²) in [5, 5.41) is 8.83. The highest BCUT2D eigenvalue weighted by Gasteiger charge is 2.34. The van der Waals surface area contributed by atoms with Crippen LogP contribution in [0.1, 0.15) is 33.6 Å². The first-order valence-corrected chi connectivity index (χ1v) is 8.99. The molecule has 7 heteroatoms. The maximum Gasteiger partial charge on any atom is 0.231 e. The zero-order valence-corrected chi connectivity index (χ0v) is 15.6. The summed E-state index contributed by atoms with van der Waals surface area (Å²) in [7, 11) is 1.56. The number of carbonyl (C=O) groups excluding carboxylic acids is 1. The molecule has 132 valence electrons. The monoisotopic (exact) mass is 359 g/mol. The summed E-state index contributed by atoms with van der Waals surface area (Å²) in [6.45, 7) is 6.64. The number of nitrogens with zero attached hydrogens (tertiary/aromatic N) is 3. The lowest BCUT2D eigenvalue weighted by molar-refractivity contribution is -0.118. The highest BCUT2D eigenvalue weighted by molar-refractivity contribution is 7.21. The summed E-state index contributed by atoms with van der Waals surface area (Å²) in [6.07, 6.45) is 1.10. The van der Waals surface area contributed by atoms with Gasteiger partial charge in [0.05, 0.1) is 23.9 Å². The van der Waals surface area contributed by atoms with Gasteiger partial charge in [-0.3, -0.25) is 4.79 Å². The molecule has 1 aliphatic rings. The number of rotatable bonds is 5. The second-order valence-corrected chi connectivity index (χ2v) is 7.68. The van der Waals surface area contributed by atoms with Crippen LogP contribution in [0.15, 0.2) is 39.9 Å². The standard InChI is InChI=1S/C18H21N3O3S/c1-5-24-11-6-7-12-15(8-11)25-17(19-12)21-20-16-13(22)9-18(2,3)10-14(16)23-4/h6-8H,5,9-10H2,1-4H3. The molecule has 0 amide bonds. The molecule has 0 spiro atoms. The Bertz CT molecular complexity index is 868. The minimum atomic E-state index is -0.118. The number of fused-ring (bicyclic) bond motifs is 1. The van der Waals surface area contributed by atoms with E-state index in [0.29, 0.717) is 36.0 Å². The molecule has 0 fully saturated rings. The van der Waals surface area contributed by atoms with Gasteiger partial charge >= 0.3 is 0 Å². The lowest BCUT2D eigenvalue weighted by Gasteiger charge is -2.29. The molecule has 0 atom stereocenters. The first-order valence-electron chi connectivity index (χ1n) is 8.17. The van der Waals surface area contributed by atoms with Gasteiger partial charge in [-0.15, -0.1) is 10.2 Å². The van der Waals surface area contributed by atoms with Crippen LogP contribution in [-0.4, -0.2) is 24.5 Å². The van der Waals surface area contributed by atoms with Gasteiger partial charge in [0, 0.05) is 12.8 Å². The number of methoxy groups -OCH3 is 1. The van der Waals surface area contributed by atoms with Gasteiger partial charge in [-0.05, 0) is 30.5 Å². The molecule has 2 aromatic rings. The van der Waals surface area contributed by atoms with Gasteiger partial charge in [0.2, 0.25) is 5.13 Å². The number of azo groups is 1. The smallest absolute Gasteiger partial charge is 0.231 e. The van der Waals surface area contributed by atoms with Crippen LogP contribution in [0.4, 0.5) is 5.13 Å². The van der Waals surface area contributed by atoms with Crippen LogP contribution in [0.2, 0.25) is 0 Å². The summed E-state index contributed by atoms with van der Waals surface area (Å²) in [6, 6.07) is 5.71. The number of allylic oxidation sites excluding steroid dienone is 2. The highest BCUT2D eigenvalue weighted by Crippen LogP contribution is 2.38. The Hall–Kier alpha value is -2.28. The SMILES string of the molecule is CCOc1ccc2nc(N=NC3=C(OC)CC(C)(C)CC3=O)sc2c1. The number of ether oxygens (including phenoxy) is 2. The van der Waals surface area contributed by atoms with Gasteiger partial charge < -0.3 is 9.47 Å². The summed E-state index contributed by atoms with van der Waals surface area (Å²) >= 11 is 1.41. The van der Waals surface area contributed by atoms with Crippen LogP contribution >= 0.6 is 11.3 Å². The van der Waals surface area contributed by atoms with Crippen molar-refractivity contribution in [1.29, 1.82) is 0 Å². The molecule has 1 heterocycles. The average Bonchev–Trinajstić information content (AvgIpc) is 2.95. The van der Waals surface area contributed by atoms with E-state index in [9.17, 15) is 4.79 Å². The lowest BCUT2D eigenvalue weighted by Crippen LogP contribution is -2.25. The second-order valence-electron chi connectivity index (χ2n) is 6.68. The van der Waals surface area contributed by atoms with Gasteiger partial charge in [-0.25, -0.2) is 4.98 Å². The maximum atomic E-state index is 12.4.